The maximum absolute atomic E-state index is 13.0. The Morgan fingerprint density at radius 3 is 2.10 bits per heavy atom. The molecule has 1 heterocycles. The summed E-state index contributed by atoms with van der Waals surface area (Å²) in [6.45, 7) is 4.25. The van der Waals surface area contributed by atoms with Gasteiger partial charge in [0.2, 0.25) is 5.91 Å². The van der Waals surface area contributed by atoms with E-state index in [9.17, 15) is 14.4 Å². The zero-order valence-electron chi connectivity index (χ0n) is 28.3. The Balaban J connectivity index is 1.17. The second-order valence-electron chi connectivity index (χ2n) is 11.9. The predicted molar refractivity (Wildman–Crippen MR) is 197 cm³/mol. The minimum Gasteiger partial charge on any atom is -0.348 e. The van der Waals surface area contributed by atoms with Gasteiger partial charge in [-0.05, 0) is 64.9 Å². The third kappa shape index (κ3) is 11.0. The van der Waals surface area contributed by atoms with Gasteiger partial charge in [0, 0.05) is 49.0 Å². The molecule has 50 heavy (non-hydrogen) atoms. The van der Waals surface area contributed by atoms with Crippen molar-refractivity contribution in [3.63, 3.8) is 0 Å². The Hall–Kier alpha value is -5.54. The van der Waals surface area contributed by atoms with Crippen LogP contribution in [0.3, 0.4) is 0 Å². The molecule has 2 amide bonds. The average molecular weight is 688 g/mol. The molecule has 0 aliphatic carbocycles. The van der Waals surface area contributed by atoms with Crippen molar-refractivity contribution in [1.29, 1.82) is 0 Å². The molecule has 0 saturated carbocycles. The van der Waals surface area contributed by atoms with E-state index in [1.807, 2.05) is 60.0 Å². The number of nitrogens with zero attached hydrogens (tertiary/aromatic N) is 1. The molecular formula is C41H41N3O5S. The van der Waals surface area contributed by atoms with Gasteiger partial charge in [0.15, 0.2) is 5.75 Å². The van der Waals surface area contributed by atoms with Crippen LogP contribution in [-0.4, -0.2) is 22.8 Å². The number of carbonyl (C=O) groups excluding carboxylic acids is 3. The number of aryl methyl sites for hydroxylation is 1. The minimum absolute atomic E-state index is 0.121. The number of benzene rings is 4. The van der Waals surface area contributed by atoms with Gasteiger partial charge in [-0.1, -0.05) is 98.6 Å². The van der Waals surface area contributed by atoms with Crippen LogP contribution in [0.4, 0.5) is 0 Å². The van der Waals surface area contributed by atoms with Gasteiger partial charge in [0.05, 0.1) is 5.69 Å². The number of thiazole rings is 1. The number of allylic oxidation sites excluding steroid dienone is 1. The van der Waals surface area contributed by atoms with E-state index in [1.54, 1.807) is 30.3 Å². The molecule has 0 aliphatic heterocycles. The lowest BCUT2D eigenvalue weighted by Gasteiger charge is -2.09. The van der Waals surface area contributed by atoms with Gasteiger partial charge in [-0.2, -0.15) is 0 Å². The fraction of sp³-hybridized carbons (Fsp3) is 0.220. The van der Waals surface area contributed by atoms with Gasteiger partial charge in [0.1, 0.15) is 5.01 Å². The van der Waals surface area contributed by atoms with Crippen molar-refractivity contribution >= 4 is 34.7 Å². The maximum Gasteiger partial charge on any atom is 0.352 e. The summed E-state index contributed by atoms with van der Waals surface area (Å²) in [4.78, 5) is 51.1. The van der Waals surface area contributed by atoms with Crippen LogP contribution in [0, 0.1) is 0 Å². The van der Waals surface area contributed by atoms with Crippen LogP contribution in [0.2, 0.25) is 0 Å². The lowest BCUT2D eigenvalue weighted by molar-refractivity contribution is -0.210. The van der Waals surface area contributed by atoms with Gasteiger partial charge in [-0.15, -0.1) is 11.3 Å². The number of carbonyl (C=O) groups is 3. The largest absolute Gasteiger partial charge is 0.352 e. The van der Waals surface area contributed by atoms with Crippen molar-refractivity contribution in [1.82, 2.24) is 15.6 Å². The van der Waals surface area contributed by atoms with Crippen LogP contribution >= 0.6 is 11.3 Å². The van der Waals surface area contributed by atoms with E-state index in [0.717, 1.165) is 44.9 Å². The van der Waals surface area contributed by atoms with Gasteiger partial charge in [0.25, 0.3) is 5.91 Å². The van der Waals surface area contributed by atoms with Crippen LogP contribution < -0.4 is 15.5 Å². The van der Waals surface area contributed by atoms with Crippen molar-refractivity contribution in [2.24, 2.45) is 0 Å². The molecule has 4 aromatic carbocycles. The Morgan fingerprint density at radius 2 is 1.42 bits per heavy atom. The fourth-order valence-corrected chi connectivity index (χ4v) is 6.05. The molecule has 1 aromatic heterocycles. The van der Waals surface area contributed by atoms with Crippen molar-refractivity contribution in [3.05, 3.63) is 148 Å². The first-order valence-corrected chi connectivity index (χ1v) is 17.6. The van der Waals surface area contributed by atoms with Crippen molar-refractivity contribution in [2.45, 2.75) is 59.0 Å². The van der Waals surface area contributed by atoms with Gasteiger partial charge in [-0.25, -0.2) is 9.78 Å². The average Bonchev–Trinajstić information content (AvgIpc) is 3.62. The summed E-state index contributed by atoms with van der Waals surface area (Å²) < 4.78 is 0. The number of aromatic nitrogens is 1. The fourth-order valence-electron chi connectivity index (χ4n) is 5.22. The molecule has 0 aliphatic rings. The molecule has 0 bridgehead atoms. The summed E-state index contributed by atoms with van der Waals surface area (Å²) in [6, 6.07) is 32.6. The Morgan fingerprint density at radius 1 is 0.760 bits per heavy atom. The minimum atomic E-state index is -0.544. The number of nitrogens with one attached hydrogen (secondary N) is 2. The Bertz CT molecular complexity index is 1880. The third-order valence-electron chi connectivity index (χ3n) is 7.96. The third-order valence-corrected chi connectivity index (χ3v) is 8.90. The quantitative estimate of drug-likeness (QED) is 0.0468. The molecule has 256 valence electrons. The molecule has 8 nitrogen and oxygen atoms in total. The maximum atomic E-state index is 13.0. The smallest absolute Gasteiger partial charge is 0.348 e. The first kappa shape index (κ1) is 35.8. The second kappa shape index (κ2) is 18.3. The summed E-state index contributed by atoms with van der Waals surface area (Å²) in [6.07, 6.45) is 6.83. The molecule has 5 rings (SSSR count). The lowest BCUT2D eigenvalue weighted by Crippen LogP contribution is -2.22. The first-order valence-electron chi connectivity index (χ1n) is 16.7. The van der Waals surface area contributed by atoms with Gasteiger partial charge in [-0.3, -0.25) is 19.4 Å². The topological polar surface area (TPSA) is 107 Å². The number of rotatable bonds is 16. The number of amides is 2. The van der Waals surface area contributed by atoms with Crippen LogP contribution in [-0.2, 0) is 40.4 Å². The van der Waals surface area contributed by atoms with E-state index in [2.05, 4.69) is 46.7 Å². The van der Waals surface area contributed by atoms with Crippen LogP contribution in [0.5, 0.6) is 5.75 Å². The van der Waals surface area contributed by atoms with E-state index in [0.29, 0.717) is 30.8 Å². The summed E-state index contributed by atoms with van der Waals surface area (Å²) >= 11 is 1.52. The Kier molecular flexibility index (Phi) is 13.1. The van der Waals surface area contributed by atoms with Crippen molar-refractivity contribution < 1.29 is 24.2 Å². The van der Waals surface area contributed by atoms with Crippen LogP contribution in [0.1, 0.15) is 71.4 Å². The molecule has 0 radical (unpaired) electrons. The molecule has 0 atom stereocenters. The number of hydrogen-bond donors (Lipinski definition) is 2. The van der Waals surface area contributed by atoms with E-state index < -0.39 is 5.97 Å². The lowest BCUT2D eigenvalue weighted by atomic mass is 10.0. The SMILES string of the molecule is CCCCCc1ccc(CNC(=O)c2ccc(-c3nc(C/C(=C\C(=O)NCc4ccc(OOC(C)=O)cc4)c4ccccc4)cs3)cc2)cc1. The van der Waals surface area contributed by atoms with E-state index in [4.69, 9.17) is 9.87 Å². The molecule has 2 N–H and O–H groups in total. The van der Waals surface area contributed by atoms with E-state index >= 15 is 0 Å². The van der Waals surface area contributed by atoms with Crippen LogP contribution in [0.25, 0.3) is 16.1 Å². The molecule has 0 fully saturated rings. The highest BCUT2D eigenvalue weighted by Gasteiger charge is 2.12. The normalized spacial score (nSPS) is 11.1. The monoisotopic (exact) mass is 687 g/mol. The highest BCUT2D eigenvalue weighted by molar-refractivity contribution is 7.13. The zero-order valence-corrected chi connectivity index (χ0v) is 29.1. The van der Waals surface area contributed by atoms with E-state index in [-0.39, 0.29) is 11.8 Å². The summed E-state index contributed by atoms with van der Waals surface area (Å²) in [5, 5.41) is 8.79. The zero-order chi connectivity index (χ0) is 35.1. The summed E-state index contributed by atoms with van der Waals surface area (Å²) in [5.41, 5.74) is 7.39. The summed E-state index contributed by atoms with van der Waals surface area (Å²) in [7, 11) is 0. The Labute approximate surface area is 297 Å². The number of hydrogen-bond acceptors (Lipinski definition) is 7. The summed E-state index contributed by atoms with van der Waals surface area (Å²) in [5.74, 6) is -0.509. The van der Waals surface area contributed by atoms with Crippen LogP contribution in [0.15, 0.2) is 115 Å². The van der Waals surface area contributed by atoms with Crippen molar-refractivity contribution in [3.8, 4) is 16.3 Å². The molecule has 0 unspecified atom stereocenters. The highest BCUT2D eigenvalue weighted by Crippen LogP contribution is 2.27. The first-order chi connectivity index (χ1) is 24.4. The molecule has 0 spiro atoms. The number of unbranched alkanes of at least 4 members (excludes halogenated alkanes) is 2. The standard InChI is InChI=1S/C41H41N3O5S/c1-3-4-6-9-30-12-14-31(15-13-30)27-43-40(47)34-18-20-35(21-19-34)41-44-37(28-50-41)24-36(33-10-7-5-8-11-33)25-39(46)42-26-32-16-22-38(23-17-32)49-48-29(2)45/h5,7-8,10-23,25,28H,3-4,6,9,24,26-27H2,1-2H3,(H,42,46)(H,43,47)/b36-25+. The predicted octanol–water partition coefficient (Wildman–Crippen LogP) is 8.27. The second-order valence-corrected chi connectivity index (χ2v) is 12.8. The molecule has 0 saturated heterocycles. The molecule has 5 aromatic rings. The van der Waals surface area contributed by atoms with E-state index in [1.165, 1.54) is 43.1 Å². The molecule has 9 heteroatoms. The highest BCUT2D eigenvalue weighted by atomic mass is 32.1. The molecular weight excluding hydrogens is 647 g/mol. The van der Waals surface area contributed by atoms with Gasteiger partial charge < -0.3 is 10.6 Å². The van der Waals surface area contributed by atoms with Gasteiger partial charge >= 0.3 is 5.97 Å². The van der Waals surface area contributed by atoms with Crippen molar-refractivity contribution in [2.75, 3.05) is 0 Å².